The molecule has 15 nitrogen and oxygen atoms in total. The van der Waals surface area contributed by atoms with E-state index in [1.165, 1.54) is 41.9 Å². The fourth-order valence-corrected chi connectivity index (χ4v) is 7.38. The van der Waals surface area contributed by atoms with E-state index in [-0.39, 0.29) is 67.4 Å². The molecule has 1 fully saturated rings. The molecule has 3 atom stereocenters. The standard InChI is InChI=1S/C43H45F3N8O7S/c1-26(47-3)39(56)51-27(2)42(58)54-17-6-11-36(54)41-53-35(24-62-41)38(55)29-8-5-10-33(22-29)60-20-19-59-18-16-48-40(57)30-9-4-7-28(21-30)34-23-37(50-25-49-34)52-31-12-14-32(15-13-31)61-43(44,45)46/h4-5,7-10,12-15,21-27,36,47H,6,11,16-20H2,1-3H3,(H,48,57)(H,51,56)(H,49,50,52)/t26-,27-,36-/m0/s1. The van der Waals surface area contributed by atoms with E-state index in [0.29, 0.717) is 57.6 Å². The maximum absolute atomic E-state index is 13.4. The third-order valence-corrected chi connectivity index (χ3v) is 10.6. The number of nitrogens with zero attached hydrogens (tertiary/aromatic N) is 4. The number of anilines is 2. The van der Waals surface area contributed by atoms with Gasteiger partial charge in [-0.1, -0.05) is 24.3 Å². The molecule has 1 saturated heterocycles. The van der Waals surface area contributed by atoms with Gasteiger partial charge < -0.3 is 40.4 Å². The lowest BCUT2D eigenvalue weighted by molar-refractivity contribution is -0.274. The first-order valence-electron chi connectivity index (χ1n) is 19.7. The van der Waals surface area contributed by atoms with Crippen LogP contribution in [0.3, 0.4) is 0 Å². The Bertz CT molecular complexity index is 2350. The van der Waals surface area contributed by atoms with Crippen LogP contribution < -0.4 is 30.7 Å². The molecule has 3 amide bonds. The highest BCUT2D eigenvalue weighted by Gasteiger charge is 2.35. The van der Waals surface area contributed by atoms with Crippen molar-refractivity contribution in [1.29, 1.82) is 0 Å². The largest absolute Gasteiger partial charge is 0.573 e. The minimum atomic E-state index is -4.79. The topological polar surface area (TPSA) is 186 Å². The maximum Gasteiger partial charge on any atom is 0.573 e. The number of likely N-dealkylation sites (tertiary alicyclic amines) is 1. The highest BCUT2D eigenvalue weighted by Crippen LogP contribution is 2.35. The van der Waals surface area contributed by atoms with Gasteiger partial charge in [0.15, 0.2) is 0 Å². The van der Waals surface area contributed by atoms with Crippen molar-refractivity contribution in [1.82, 2.24) is 35.8 Å². The van der Waals surface area contributed by atoms with E-state index in [1.54, 1.807) is 85.8 Å². The number of carbonyl (C=O) groups excluding carboxylic acids is 4. The van der Waals surface area contributed by atoms with Gasteiger partial charge in [-0.3, -0.25) is 19.2 Å². The highest BCUT2D eigenvalue weighted by molar-refractivity contribution is 7.10. The van der Waals surface area contributed by atoms with Crippen molar-refractivity contribution in [3.8, 4) is 22.8 Å². The molecule has 0 unspecified atom stereocenters. The van der Waals surface area contributed by atoms with Crippen LogP contribution in [0.5, 0.6) is 11.5 Å². The molecule has 1 aliphatic heterocycles. The van der Waals surface area contributed by atoms with Crippen molar-refractivity contribution in [2.75, 3.05) is 45.3 Å². The minimum Gasteiger partial charge on any atom is -0.491 e. The Balaban J connectivity index is 0.924. The minimum absolute atomic E-state index is 0.195. The van der Waals surface area contributed by atoms with Gasteiger partial charge in [-0.05, 0) is 82.3 Å². The van der Waals surface area contributed by atoms with Gasteiger partial charge in [0.2, 0.25) is 17.6 Å². The third-order valence-electron chi connectivity index (χ3n) is 9.70. The summed E-state index contributed by atoms with van der Waals surface area (Å²) < 4.78 is 52.8. The van der Waals surface area contributed by atoms with Gasteiger partial charge in [-0.2, -0.15) is 0 Å². The molecule has 0 bridgehead atoms. The van der Waals surface area contributed by atoms with E-state index in [0.717, 1.165) is 6.42 Å². The van der Waals surface area contributed by atoms with Gasteiger partial charge in [0.05, 0.1) is 31.0 Å². The zero-order chi connectivity index (χ0) is 44.2. The van der Waals surface area contributed by atoms with Crippen molar-refractivity contribution in [3.63, 3.8) is 0 Å². The molecule has 6 rings (SSSR count). The Morgan fingerprint density at radius 3 is 2.45 bits per heavy atom. The van der Waals surface area contributed by atoms with Crippen LogP contribution in [-0.2, 0) is 14.3 Å². The second-order valence-electron chi connectivity index (χ2n) is 14.1. The van der Waals surface area contributed by atoms with Gasteiger partial charge in [-0.25, -0.2) is 15.0 Å². The zero-order valence-electron chi connectivity index (χ0n) is 34.0. The molecule has 3 aromatic carbocycles. The zero-order valence-corrected chi connectivity index (χ0v) is 34.8. The van der Waals surface area contributed by atoms with Crippen LogP contribution in [0.1, 0.15) is 64.1 Å². The first kappa shape index (κ1) is 45.1. The monoisotopic (exact) mass is 874 g/mol. The van der Waals surface area contributed by atoms with Crippen LogP contribution in [0.15, 0.2) is 90.6 Å². The summed E-state index contributed by atoms with van der Waals surface area (Å²) in [7, 11) is 1.67. The maximum atomic E-state index is 13.4. The van der Waals surface area contributed by atoms with E-state index >= 15 is 0 Å². The van der Waals surface area contributed by atoms with Gasteiger partial charge in [0.25, 0.3) is 5.91 Å². The summed E-state index contributed by atoms with van der Waals surface area (Å²) in [6.07, 6.45) is -1.96. The first-order valence-corrected chi connectivity index (χ1v) is 20.6. The number of alkyl halides is 3. The summed E-state index contributed by atoms with van der Waals surface area (Å²) >= 11 is 1.33. The van der Waals surface area contributed by atoms with Crippen LogP contribution in [0, 0.1) is 0 Å². The number of rotatable bonds is 19. The molecule has 5 aromatic rings. The molecule has 0 radical (unpaired) electrons. The van der Waals surface area contributed by atoms with Crippen molar-refractivity contribution >= 4 is 46.3 Å². The molecule has 62 heavy (non-hydrogen) atoms. The summed E-state index contributed by atoms with van der Waals surface area (Å²) in [5, 5.41) is 13.8. The number of hydrogen-bond acceptors (Lipinski definition) is 13. The van der Waals surface area contributed by atoms with E-state index < -0.39 is 18.4 Å². The number of hydrogen-bond donors (Lipinski definition) is 4. The number of ketones is 1. The average molecular weight is 875 g/mol. The second kappa shape index (κ2) is 20.9. The summed E-state index contributed by atoms with van der Waals surface area (Å²) in [4.78, 5) is 66.8. The van der Waals surface area contributed by atoms with E-state index in [4.69, 9.17) is 9.47 Å². The van der Waals surface area contributed by atoms with Gasteiger partial charge in [0.1, 0.15) is 47.0 Å². The fraction of sp³-hybridized carbons (Fsp3) is 0.326. The van der Waals surface area contributed by atoms with Crippen LogP contribution in [0.25, 0.3) is 11.3 Å². The molecule has 1 aliphatic rings. The van der Waals surface area contributed by atoms with E-state index in [9.17, 15) is 32.3 Å². The third kappa shape index (κ3) is 12.3. The number of likely N-dealkylation sites (N-methyl/N-ethyl adjacent to an activating group) is 1. The number of aromatic nitrogens is 3. The first-order chi connectivity index (χ1) is 29.8. The van der Waals surface area contributed by atoms with Crippen molar-refractivity contribution in [2.24, 2.45) is 0 Å². The average Bonchev–Trinajstić information content (AvgIpc) is 3.96. The summed E-state index contributed by atoms with van der Waals surface area (Å²) in [5.74, 6) is -0.550. The van der Waals surface area contributed by atoms with Crippen molar-refractivity contribution < 1.29 is 46.6 Å². The van der Waals surface area contributed by atoms with Crippen LogP contribution in [0.4, 0.5) is 24.7 Å². The quantitative estimate of drug-likeness (QED) is 0.0555. The lowest BCUT2D eigenvalue weighted by atomic mass is 10.1. The molecule has 19 heteroatoms. The second-order valence-corrected chi connectivity index (χ2v) is 15.0. The fourth-order valence-electron chi connectivity index (χ4n) is 6.44. The Labute approximate surface area is 359 Å². The lowest BCUT2D eigenvalue weighted by Crippen LogP contribution is -2.51. The van der Waals surface area contributed by atoms with Crippen LogP contribution >= 0.6 is 11.3 Å². The number of thiazole rings is 1. The number of amides is 3. The number of carbonyl (C=O) groups is 4. The Morgan fingerprint density at radius 2 is 1.68 bits per heavy atom. The number of nitrogens with one attached hydrogen (secondary N) is 4. The van der Waals surface area contributed by atoms with Gasteiger partial charge in [0, 0.05) is 46.9 Å². The molecule has 0 saturated carbocycles. The lowest BCUT2D eigenvalue weighted by Gasteiger charge is -2.27. The molecule has 4 N–H and O–H groups in total. The molecule has 3 heterocycles. The summed E-state index contributed by atoms with van der Waals surface area (Å²) in [6, 6.07) is 19.0. The smallest absolute Gasteiger partial charge is 0.491 e. The SMILES string of the molecule is CN[C@@H](C)C(=O)N[C@@H](C)C(=O)N1CCC[C@H]1c1nc(C(=O)c2cccc(OCCOCCNC(=O)c3cccc(-c4cc(Nc5ccc(OC(F)(F)F)cc5)ncn4)c3)c2)cs1. The molecule has 0 aliphatic carbocycles. The van der Waals surface area contributed by atoms with E-state index in [2.05, 4.69) is 41.0 Å². The molecule has 326 valence electrons. The Morgan fingerprint density at radius 1 is 0.903 bits per heavy atom. The molecule has 0 spiro atoms. The van der Waals surface area contributed by atoms with Crippen molar-refractivity contribution in [3.05, 3.63) is 112 Å². The van der Waals surface area contributed by atoms with Crippen molar-refractivity contribution in [2.45, 2.75) is 51.2 Å². The van der Waals surface area contributed by atoms with E-state index in [1.807, 2.05) is 0 Å². The molecule has 2 aromatic heterocycles. The highest BCUT2D eigenvalue weighted by atomic mass is 32.1. The number of ether oxygens (including phenoxy) is 3. The van der Waals surface area contributed by atoms with Crippen LogP contribution in [-0.4, -0.2) is 102 Å². The Kier molecular flexibility index (Phi) is 15.2. The summed E-state index contributed by atoms with van der Waals surface area (Å²) in [5.41, 5.74) is 2.70. The Hall–Kier alpha value is -6.44. The predicted octanol–water partition coefficient (Wildman–Crippen LogP) is 6.07. The van der Waals surface area contributed by atoms with Gasteiger partial charge in [-0.15, -0.1) is 24.5 Å². The van der Waals surface area contributed by atoms with Gasteiger partial charge >= 0.3 is 6.36 Å². The molecular weight excluding hydrogens is 830 g/mol. The normalized spacial score (nSPS) is 14.7. The van der Waals surface area contributed by atoms with Crippen LogP contribution in [0.2, 0.25) is 0 Å². The number of benzene rings is 3. The number of halogens is 3. The molecular formula is C43H45F3N8O7S. The predicted molar refractivity (Wildman–Crippen MR) is 224 cm³/mol. The summed E-state index contributed by atoms with van der Waals surface area (Å²) in [6.45, 7) is 4.79.